The maximum absolute atomic E-state index is 13.3. The summed E-state index contributed by atoms with van der Waals surface area (Å²) >= 11 is 0. The van der Waals surface area contributed by atoms with Gasteiger partial charge in [-0.3, -0.25) is 0 Å². The van der Waals surface area contributed by atoms with E-state index in [0.717, 1.165) is 30.2 Å². The molecule has 1 unspecified atom stereocenters. The van der Waals surface area contributed by atoms with Gasteiger partial charge < -0.3 is 10.5 Å². The summed E-state index contributed by atoms with van der Waals surface area (Å²) in [6.07, 6.45) is 2.03. The van der Waals surface area contributed by atoms with Crippen molar-refractivity contribution in [2.24, 2.45) is 5.73 Å². The Balaban J connectivity index is 1.96. The van der Waals surface area contributed by atoms with E-state index in [-0.39, 0.29) is 0 Å². The van der Waals surface area contributed by atoms with Gasteiger partial charge in [0, 0.05) is 11.6 Å². The molecular weight excluding hydrogens is 272 g/mol. The average molecular weight is 289 g/mol. The number of fused-ring (bicyclic) bond motifs is 1. The molecule has 1 atom stereocenters. The summed E-state index contributed by atoms with van der Waals surface area (Å²) in [7, 11) is 1.61. The van der Waals surface area contributed by atoms with Crippen LogP contribution in [0.15, 0.2) is 36.4 Å². The highest BCUT2D eigenvalue weighted by molar-refractivity contribution is 5.44. The Hall–Kier alpha value is -1.94. The van der Waals surface area contributed by atoms with Gasteiger partial charge in [-0.15, -0.1) is 0 Å². The quantitative estimate of drug-likeness (QED) is 0.940. The number of benzene rings is 2. The summed E-state index contributed by atoms with van der Waals surface area (Å²) in [4.78, 5) is 0. The second-order valence-electron chi connectivity index (χ2n) is 5.63. The lowest BCUT2D eigenvalue weighted by molar-refractivity contribution is 0.407. The topological polar surface area (TPSA) is 35.2 Å². The minimum Gasteiger partial charge on any atom is -0.497 e. The van der Waals surface area contributed by atoms with Gasteiger partial charge in [0.2, 0.25) is 0 Å². The molecule has 0 fully saturated rings. The summed E-state index contributed by atoms with van der Waals surface area (Å²) in [5.41, 5.74) is 8.68. The summed E-state index contributed by atoms with van der Waals surface area (Å²) in [5, 5.41) is 0. The molecule has 4 heteroatoms. The van der Waals surface area contributed by atoms with E-state index in [1.165, 1.54) is 17.7 Å². The van der Waals surface area contributed by atoms with Gasteiger partial charge >= 0.3 is 0 Å². The second kappa shape index (κ2) is 5.11. The standard InChI is InChI=1S/C17H17F2NO/c1-21-15-3-2-12-4-5-17(20,16(12)9-15)10-11-6-13(18)8-14(19)7-11/h2-3,6-9H,4-5,10,20H2,1H3. The molecule has 0 amide bonds. The van der Waals surface area contributed by atoms with Crippen molar-refractivity contribution in [2.75, 3.05) is 7.11 Å². The molecule has 110 valence electrons. The molecule has 0 aliphatic heterocycles. The predicted molar refractivity (Wildman–Crippen MR) is 77.2 cm³/mol. The molecule has 2 aromatic carbocycles. The zero-order valence-corrected chi connectivity index (χ0v) is 11.8. The molecule has 0 bridgehead atoms. The molecular formula is C17H17F2NO. The fourth-order valence-electron chi connectivity index (χ4n) is 3.12. The minimum atomic E-state index is -0.607. The van der Waals surface area contributed by atoms with Gasteiger partial charge in [-0.2, -0.15) is 0 Å². The molecule has 1 aliphatic carbocycles. The molecule has 0 saturated heterocycles. The van der Waals surface area contributed by atoms with E-state index in [2.05, 4.69) is 0 Å². The zero-order valence-electron chi connectivity index (χ0n) is 11.8. The highest BCUT2D eigenvalue weighted by Crippen LogP contribution is 2.39. The van der Waals surface area contributed by atoms with E-state index in [4.69, 9.17) is 10.5 Å². The van der Waals surface area contributed by atoms with Crippen LogP contribution < -0.4 is 10.5 Å². The number of nitrogens with two attached hydrogens (primary N) is 1. The van der Waals surface area contributed by atoms with E-state index in [9.17, 15) is 8.78 Å². The molecule has 0 saturated carbocycles. The van der Waals surface area contributed by atoms with Gasteiger partial charge in [-0.05, 0) is 60.2 Å². The number of methoxy groups -OCH3 is 1. The van der Waals surface area contributed by atoms with Gasteiger partial charge in [0.15, 0.2) is 0 Å². The monoisotopic (exact) mass is 289 g/mol. The van der Waals surface area contributed by atoms with Crippen molar-refractivity contribution >= 4 is 0 Å². The SMILES string of the molecule is COc1ccc2c(c1)C(N)(Cc1cc(F)cc(F)c1)CC2. The van der Waals surface area contributed by atoms with E-state index in [1.54, 1.807) is 7.11 Å². The van der Waals surface area contributed by atoms with Crippen molar-refractivity contribution in [3.05, 3.63) is 64.7 Å². The van der Waals surface area contributed by atoms with Crippen LogP contribution in [0, 0.1) is 11.6 Å². The Labute approximate surface area is 122 Å². The van der Waals surface area contributed by atoms with Gasteiger partial charge in [0.1, 0.15) is 17.4 Å². The first kappa shape index (κ1) is 14.0. The van der Waals surface area contributed by atoms with Gasteiger partial charge in [-0.1, -0.05) is 6.07 Å². The predicted octanol–water partition coefficient (Wildman–Crippen LogP) is 3.32. The fraction of sp³-hybridized carbons (Fsp3) is 0.294. The molecule has 1 aliphatic rings. The first-order valence-corrected chi connectivity index (χ1v) is 6.91. The van der Waals surface area contributed by atoms with Gasteiger partial charge in [-0.25, -0.2) is 8.78 Å². The van der Waals surface area contributed by atoms with E-state index < -0.39 is 17.2 Å². The smallest absolute Gasteiger partial charge is 0.126 e. The molecule has 3 rings (SSSR count). The number of ether oxygens (including phenoxy) is 1. The van der Waals surface area contributed by atoms with Crippen molar-refractivity contribution in [1.82, 2.24) is 0 Å². The lowest BCUT2D eigenvalue weighted by atomic mass is 9.86. The maximum atomic E-state index is 13.3. The van der Waals surface area contributed by atoms with Crippen molar-refractivity contribution in [2.45, 2.75) is 24.8 Å². The largest absolute Gasteiger partial charge is 0.497 e. The number of hydrogen-bond acceptors (Lipinski definition) is 2. The van der Waals surface area contributed by atoms with Crippen LogP contribution in [0.4, 0.5) is 8.78 Å². The van der Waals surface area contributed by atoms with Crippen LogP contribution in [0.1, 0.15) is 23.1 Å². The van der Waals surface area contributed by atoms with Crippen LogP contribution in [0.25, 0.3) is 0 Å². The summed E-state index contributed by atoms with van der Waals surface area (Å²) < 4.78 is 31.9. The van der Waals surface area contributed by atoms with Crippen LogP contribution in [-0.4, -0.2) is 7.11 Å². The third-order valence-corrected chi connectivity index (χ3v) is 4.14. The van der Waals surface area contributed by atoms with Crippen LogP contribution in [0.3, 0.4) is 0 Å². The Bertz CT molecular complexity index is 666. The Morgan fingerprint density at radius 3 is 2.52 bits per heavy atom. The molecule has 2 N–H and O–H groups in total. The molecule has 0 spiro atoms. The fourth-order valence-corrected chi connectivity index (χ4v) is 3.12. The molecule has 2 aromatic rings. The Morgan fingerprint density at radius 2 is 1.86 bits per heavy atom. The number of rotatable bonds is 3. The molecule has 0 heterocycles. The normalized spacial score (nSPS) is 20.4. The minimum absolute atomic E-state index is 0.405. The van der Waals surface area contributed by atoms with Crippen LogP contribution in [0.2, 0.25) is 0 Å². The average Bonchev–Trinajstić information content (AvgIpc) is 2.74. The maximum Gasteiger partial charge on any atom is 0.126 e. The highest BCUT2D eigenvalue weighted by atomic mass is 19.1. The van der Waals surface area contributed by atoms with Gasteiger partial charge in [0.25, 0.3) is 0 Å². The van der Waals surface area contributed by atoms with Crippen molar-refractivity contribution in [3.8, 4) is 5.75 Å². The molecule has 0 aromatic heterocycles. The summed E-state index contributed by atoms with van der Waals surface area (Å²) in [6.45, 7) is 0. The first-order chi connectivity index (χ1) is 10.00. The van der Waals surface area contributed by atoms with Crippen LogP contribution >= 0.6 is 0 Å². The van der Waals surface area contributed by atoms with Crippen molar-refractivity contribution in [3.63, 3.8) is 0 Å². The second-order valence-corrected chi connectivity index (χ2v) is 5.63. The molecule has 2 nitrogen and oxygen atoms in total. The van der Waals surface area contributed by atoms with E-state index in [0.29, 0.717) is 12.0 Å². The zero-order chi connectivity index (χ0) is 15.0. The highest BCUT2D eigenvalue weighted by Gasteiger charge is 2.35. The Morgan fingerprint density at radius 1 is 1.14 bits per heavy atom. The van der Waals surface area contributed by atoms with E-state index >= 15 is 0 Å². The Kier molecular flexibility index (Phi) is 3.41. The van der Waals surface area contributed by atoms with Gasteiger partial charge in [0.05, 0.1) is 7.11 Å². The number of hydrogen-bond donors (Lipinski definition) is 1. The third-order valence-electron chi connectivity index (χ3n) is 4.14. The van der Waals surface area contributed by atoms with Crippen molar-refractivity contribution < 1.29 is 13.5 Å². The molecule has 0 radical (unpaired) electrons. The van der Waals surface area contributed by atoms with Crippen LogP contribution in [-0.2, 0) is 18.4 Å². The lowest BCUT2D eigenvalue weighted by Crippen LogP contribution is -2.36. The summed E-state index contributed by atoms with van der Waals surface area (Å²) in [5.74, 6) is -0.397. The first-order valence-electron chi connectivity index (χ1n) is 6.91. The number of halogens is 2. The summed E-state index contributed by atoms with van der Waals surface area (Å²) in [6, 6.07) is 9.41. The van der Waals surface area contributed by atoms with E-state index in [1.807, 2.05) is 18.2 Å². The van der Waals surface area contributed by atoms with Crippen LogP contribution in [0.5, 0.6) is 5.75 Å². The lowest BCUT2D eigenvalue weighted by Gasteiger charge is -2.26. The third kappa shape index (κ3) is 2.63. The molecule has 21 heavy (non-hydrogen) atoms. The number of aryl methyl sites for hydroxylation is 1. The van der Waals surface area contributed by atoms with Crippen molar-refractivity contribution in [1.29, 1.82) is 0 Å².